The van der Waals surface area contributed by atoms with Gasteiger partial charge >= 0.3 is 452 Å². The first kappa shape index (κ1) is 57.2. The van der Waals surface area contributed by atoms with Gasteiger partial charge in [0.2, 0.25) is 0 Å². The predicted molar refractivity (Wildman–Crippen MR) is 298 cm³/mol. The molecule has 0 amide bonds. The van der Waals surface area contributed by atoms with Gasteiger partial charge in [0.05, 0.1) is 0 Å². The fraction of sp³-hybridized carbons (Fsp3) is 0.132. The third-order valence-corrected chi connectivity index (χ3v) is 28.3. The molecule has 0 radical (unpaired) electrons. The molecule has 0 aliphatic carbocycles. The second kappa shape index (κ2) is 22.4. The zero-order chi connectivity index (χ0) is 55.6. The van der Waals surface area contributed by atoms with Gasteiger partial charge in [-0.2, -0.15) is 0 Å². The molecule has 0 saturated heterocycles. The first-order valence-corrected chi connectivity index (χ1v) is 35.3. The van der Waals surface area contributed by atoms with Gasteiger partial charge in [0.1, 0.15) is 0 Å². The fourth-order valence-electron chi connectivity index (χ4n) is 9.91. The van der Waals surface area contributed by atoms with E-state index in [2.05, 4.69) is 0 Å². The van der Waals surface area contributed by atoms with E-state index >= 15 is 0 Å². The van der Waals surface area contributed by atoms with Gasteiger partial charge in [-0.3, -0.25) is 0 Å². The Kier molecular flexibility index (Phi) is 16.7. The molecule has 0 saturated carbocycles. The molecule has 0 fully saturated rings. The normalized spacial score (nSPS) is 13.3. The van der Waals surface area contributed by atoms with Gasteiger partial charge in [-0.1, -0.05) is 0 Å². The van der Waals surface area contributed by atoms with Crippen LogP contribution in [-0.4, -0.2) is 77.2 Å². The van der Waals surface area contributed by atoms with Crippen molar-refractivity contribution in [2.24, 2.45) is 0 Å². The number of aryl methyl sites for hydroxylation is 3. The maximum atomic E-state index is 12.1. The van der Waals surface area contributed by atoms with Gasteiger partial charge in [-0.05, 0) is 0 Å². The SMILES string of the molecule is Cc1ccc([PH](CCC[n+]2ccc(-c3cc[n+](CCC[PH](c4ccc(S(=O)(=O)O)cc4)(c4ccc(S(=O)(=O)O)cc4)c4ccc(S(=O)(=O)O)cc4)cc3)cc2)(c2ccc(S(=O)(=O)O)cc2)c2ccc(S(=O)(=O)O)cc2)cc1. The summed E-state index contributed by atoms with van der Waals surface area (Å²) in [5, 5.41) is 4.55. The first-order valence-electron chi connectivity index (χ1n) is 23.6. The van der Waals surface area contributed by atoms with E-state index in [9.17, 15) is 64.9 Å². The van der Waals surface area contributed by atoms with Crippen LogP contribution in [0.1, 0.15) is 18.4 Å². The van der Waals surface area contributed by atoms with Crippen LogP contribution in [0.2, 0.25) is 0 Å². The number of hydrogen-bond acceptors (Lipinski definition) is 10. The third-order valence-electron chi connectivity index (χ3n) is 13.8. The van der Waals surface area contributed by atoms with E-state index in [1.54, 1.807) is 60.7 Å². The molecule has 24 heteroatoms. The summed E-state index contributed by atoms with van der Waals surface area (Å²) in [5.41, 5.74) is 2.87. The van der Waals surface area contributed by atoms with Gasteiger partial charge in [0, 0.05) is 0 Å². The van der Waals surface area contributed by atoms with Crippen LogP contribution < -0.4 is 41.0 Å². The van der Waals surface area contributed by atoms with Crippen LogP contribution in [0.25, 0.3) is 11.1 Å². The van der Waals surface area contributed by atoms with Crippen molar-refractivity contribution in [3.63, 3.8) is 0 Å². The molecule has 0 atom stereocenters. The Morgan fingerprint density at radius 2 is 0.506 bits per heavy atom. The number of benzene rings is 6. The molecule has 404 valence electrons. The summed E-state index contributed by atoms with van der Waals surface area (Å²) in [7, 11) is -29.2. The molecule has 8 rings (SSSR count). The van der Waals surface area contributed by atoms with E-state index in [1.165, 1.54) is 60.7 Å². The van der Waals surface area contributed by atoms with Crippen LogP contribution in [-0.2, 0) is 63.7 Å². The van der Waals surface area contributed by atoms with Crippen molar-refractivity contribution in [2.75, 3.05) is 12.3 Å². The molecule has 0 aliphatic rings. The molecule has 0 unspecified atom stereocenters. The standard InChI is InChI=1S/C53H52N2O15P2S5/c1-40-4-6-43(7-5-40)71(44-8-18-49(19-9-44)73(56,57)58,45-10-20-50(21-11-45)74(59,60)61)38-2-32-54-34-28-41(29-35-54)42-30-36-55(37-31-42)33-3-39-72(46-12-22-51(23-13-46)75(62,63)64,47-14-24-52(25-15-47)76(65,66)67)48-16-26-53(27-17-48)77(68,69)70/h4-31,34-37,71-72H,2-3,32-33,38-39H2,1H3,(H3-2,56,57,58,59,60,61,62,63,64,65,66,67,68,69,70)/p+2. The van der Waals surface area contributed by atoms with Crippen molar-refractivity contribution >= 4 is 96.9 Å². The Labute approximate surface area is 449 Å². The van der Waals surface area contributed by atoms with Crippen molar-refractivity contribution < 1.29 is 74.0 Å². The first-order chi connectivity index (χ1) is 36.2. The summed E-state index contributed by atoms with van der Waals surface area (Å²) in [6.45, 7) is 3.01. The Morgan fingerprint density at radius 1 is 0.312 bits per heavy atom. The van der Waals surface area contributed by atoms with Gasteiger partial charge in [0.25, 0.3) is 0 Å². The van der Waals surface area contributed by atoms with Gasteiger partial charge in [0.15, 0.2) is 0 Å². The Bertz CT molecular complexity index is 3750. The van der Waals surface area contributed by atoms with Crippen molar-refractivity contribution in [3.8, 4) is 11.1 Å². The number of nitrogens with zero attached hydrogens (tertiary/aromatic N) is 2. The minimum absolute atomic E-state index is 0.262. The topological polar surface area (TPSA) is 280 Å². The molecule has 2 aromatic heterocycles. The minimum atomic E-state index is -4.58. The molecular formula is C53H54N2O15P2S5+2. The van der Waals surface area contributed by atoms with Crippen molar-refractivity contribution in [2.45, 2.75) is 57.3 Å². The number of aromatic nitrogens is 2. The molecule has 0 spiro atoms. The average Bonchev–Trinajstić information content (AvgIpc) is 3.40. The summed E-state index contributed by atoms with van der Waals surface area (Å²) in [5.74, 6) is 0. The average molecular weight is 1180 g/mol. The van der Waals surface area contributed by atoms with Crippen LogP contribution >= 0.6 is 14.5 Å². The van der Waals surface area contributed by atoms with E-state index in [0.717, 1.165) is 32.6 Å². The monoisotopic (exact) mass is 1180 g/mol. The summed E-state index contributed by atoms with van der Waals surface area (Å²) in [4.78, 5) is -1.59. The molecule has 6 aromatic carbocycles. The zero-order valence-electron chi connectivity index (χ0n) is 41.0. The zero-order valence-corrected chi connectivity index (χ0v) is 47.1. The van der Waals surface area contributed by atoms with E-state index in [0.29, 0.717) is 54.2 Å². The second-order valence-corrected chi connectivity index (χ2v) is 33.7. The quantitative estimate of drug-likeness (QED) is 0.0393. The van der Waals surface area contributed by atoms with E-state index in [1.807, 2.05) is 89.4 Å². The second-order valence-electron chi connectivity index (χ2n) is 18.5. The van der Waals surface area contributed by atoms with E-state index in [-0.39, 0.29) is 24.5 Å². The van der Waals surface area contributed by atoms with Gasteiger partial charge < -0.3 is 0 Å². The fourth-order valence-corrected chi connectivity index (χ4v) is 21.8. The van der Waals surface area contributed by atoms with Crippen LogP contribution in [0, 0.1) is 6.92 Å². The number of hydrogen-bond donors (Lipinski definition) is 5. The molecule has 17 nitrogen and oxygen atoms in total. The van der Waals surface area contributed by atoms with Crippen molar-refractivity contribution in [1.82, 2.24) is 0 Å². The molecule has 0 bridgehead atoms. The summed E-state index contributed by atoms with van der Waals surface area (Å²) < 4.78 is 174. The predicted octanol–water partition coefficient (Wildman–Crippen LogP) is 4.70. The number of pyridine rings is 2. The Hall–Kier alpha value is -5.97. The van der Waals surface area contributed by atoms with Crippen LogP contribution in [0.5, 0.6) is 0 Å². The van der Waals surface area contributed by atoms with Gasteiger partial charge in [-0.25, -0.2) is 0 Å². The Morgan fingerprint density at radius 3 is 0.701 bits per heavy atom. The van der Waals surface area contributed by atoms with Crippen molar-refractivity contribution in [3.05, 3.63) is 200 Å². The summed E-state index contributed by atoms with van der Waals surface area (Å²) in [6, 6.07) is 45.0. The molecule has 2 heterocycles. The van der Waals surface area contributed by atoms with Crippen LogP contribution in [0.15, 0.2) is 219 Å². The maximum absolute atomic E-state index is 12.1. The van der Waals surface area contributed by atoms with Crippen LogP contribution in [0.4, 0.5) is 0 Å². The summed E-state index contributed by atoms with van der Waals surface area (Å²) >= 11 is 0. The molecule has 0 aliphatic heterocycles. The molecular weight excluding hydrogens is 1130 g/mol. The Balaban J connectivity index is 1.04. The van der Waals surface area contributed by atoms with Crippen LogP contribution in [0.3, 0.4) is 0 Å². The molecule has 8 aromatic rings. The van der Waals surface area contributed by atoms with Crippen molar-refractivity contribution in [1.29, 1.82) is 0 Å². The van der Waals surface area contributed by atoms with Gasteiger partial charge in [-0.15, -0.1) is 0 Å². The summed E-state index contributed by atoms with van der Waals surface area (Å²) in [6.07, 6.45) is 9.92. The number of rotatable bonds is 20. The third kappa shape index (κ3) is 13.0. The van der Waals surface area contributed by atoms with E-state index < -0.39 is 65.1 Å². The molecule has 5 N–H and O–H groups in total. The van der Waals surface area contributed by atoms with E-state index in [4.69, 9.17) is 0 Å². The molecule has 77 heavy (non-hydrogen) atoms.